The first-order valence-electron chi connectivity index (χ1n) is 7.55. The number of hydrogen-bond acceptors (Lipinski definition) is 3. The van der Waals surface area contributed by atoms with Crippen molar-refractivity contribution < 1.29 is 14.3 Å². The van der Waals surface area contributed by atoms with E-state index in [0.29, 0.717) is 18.5 Å². The van der Waals surface area contributed by atoms with Gasteiger partial charge in [0.1, 0.15) is 11.4 Å². The molecule has 1 aliphatic heterocycles. The number of halogens is 1. The Morgan fingerprint density at radius 3 is 2.67 bits per heavy atom. The molecule has 1 heterocycles. The molecule has 21 heavy (non-hydrogen) atoms. The third-order valence-electron chi connectivity index (χ3n) is 4.11. The third-order valence-corrected chi connectivity index (χ3v) is 4.11. The van der Waals surface area contributed by atoms with Crippen molar-refractivity contribution in [1.29, 1.82) is 0 Å². The van der Waals surface area contributed by atoms with Crippen molar-refractivity contribution in [3.8, 4) is 0 Å². The lowest BCUT2D eigenvalue weighted by Gasteiger charge is -2.30. The second-order valence-electron chi connectivity index (χ2n) is 5.71. The number of benzene rings is 1. The van der Waals surface area contributed by atoms with E-state index >= 15 is 0 Å². The van der Waals surface area contributed by atoms with Gasteiger partial charge in [-0.25, -0.2) is 9.18 Å². The maximum absolute atomic E-state index is 13.0. The van der Waals surface area contributed by atoms with Crippen LogP contribution in [-0.2, 0) is 4.79 Å². The number of carbonyl (C=O) groups is 1. The monoisotopic (exact) mass is 294 g/mol. The second-order valence-corrected chi connectivity index (χ2v) is 5.71. The van der Waals surface area contributed by atoms with E-state index in [-0.39, 0.29) is 5.82 Å². The van der Waals surface area contributed by atoms with Gasteiger partial charge in [0, 0.05) is 12.2 Å². The number of carboxylic acids is 1. The molecule has 0 bridgehead atoms. The van der Waals surface area contributed by atoms with Crippen LogP contribution in [-0.4, -0.2) is 41.1 Å². The fraction of sp³-hybridized carbons (Fsp3) is 0.562. The van der Waals surface area contributed by atoms with Crippen LogP contribution in [0.4, 0.5) is 10.1 Å². The van der Waals surface area contributed by atoms with E-state index in [1.165, 1.54) is 12.1 Å². The van der Waals surface area contributed by atoms with Crippen molar-refractivity contribution in [3.05, 3.63) is 30.1 Å². The normalized spacial score (nSPS) is 23.5. The molecule has 1 saturated heterocycles. The van der Waals surface area contributed by atoms with E-state index < -0.39 is 11.5 Å². The van der Waals surface area contributed by atoms with Gasteiger partial charge in [-0.3, -0.25) is 0 Å². The van der Waals surface area contributed by atoms with Crippen LogP contribution in [0.3, 0.4) is 0 Å². The first kappa shape index (κ1) is 15.8. The number of carboxylic acid groups (broad SMARTS) is 1. The molecule has 1 aliphatic rings. The largest absolute Gasteiger partial charge is 0.480 e. The van der Waals surface area contributed by atoms with Crippen molar-refractivity contribution in [1.82, 2.24) is 4.90 Å². The fourth-order valence-electron chi connectivity index (χ4n) is 2.93. The minimum absolute atomic E-state index is 0.320. The minimum Gasteiger partial charge on any atom is -0.480 e. The van der Waals surface area contributed by atoms with E-state index in [0.717, 1.165) is 32.5 Å². The van der Waals surface area contributed by atoms with Crippen LogP contribution in [0.1, 0.15) is 32.6 Å². The van der Waals surface area contributed by atoms with Crippen LogP contribution in [0.25, 0.3) is 0 Å². The average molecular weight is 294 g/mol. The Morgan fingerprint density at radius 1 is 1.33 bits per heavy atom. The molecule has 5 heteroatoms. The number of anilines is 1. The lowest BCUT2D eigenvalue weighted by molar-refractivity contribution is -0.142. The summed E-state index contributed by atoms with van der Waals surface area (Å²) in [5, 5.41) is 12.8. The molecule has 0 amide bonds. The summed E-state index contributed by atoms with van der Waals surface area (Å²) >= 11 is 0. The van der Waals surface area contributed by atoms with Gasteiger partial charge in [0.25, 0.3) is 0 Å². The van der Waals surface area contributed by atoms with E-state index in [2.05, 4.69) is 17.1 Å². The Kier molecular flexibility index (Phi) is 5.17. The van der Waals surface area contributed by atoms with E-state index in [9.17, 15) is 14.3 Å². The highest BCUT2D eigenvalue weighted by atomic mass is 19.1. The Bertz CT molecular complexity index is 478. The smallest absolute Gasteiger partial charge is 0.329 e. The summed E-state index contributed by atoms with van der Waals surface area (Å²) in [7, 11) is 0. The summed E-state index contributed by atoms with van der Waals surface area (Å²) in [6.07, 6.45) is 3.06. The molecule has 2 N–H and O–H groups in total. The zero-order chi connectivity index (χ0) is 15.3. The third kappa shape index (κ3) is 3.94. The molecule has 1 fully saturated rings. The molecule has 1 unspecified atom stereocenters. The Hall–Kier alpha value is -1.62. The van der Waals surface area contributed by atoms with Gasteiger partial charge in [0.05, 0.1) is 0 Å². The van der Waals surface area contributed by atoms with Crippen LogP contribution in [0.2, 0.25) is 0 Å². The van der Waals surface area contributed by atoms with Gasteiger partial charge in [0.2, 0.25) is 0 Å². The Morgan fingerprint density at radius 2 is 2.05 bits per heavy atom. The van der Waals surface area contributed by atoms with E-state index in [1.807, 2.05) is 0 Å². The zero-order valence-electron chi connectivity index (χ0n) is 12.4. The molecule has 0 spiro atoms. The number of hydrogen-bond donors (Lipinski definition) is 2. The lowest BCUT2D eigenvalue weighted by atomic mass is 9.90. The highest BCUT2D eigenvalue weighted by molar-refractivity contribution is 5.82. The summed E-state index contributed by atoms with van der Waals surface area (Å²) in [4.78, 5) is 14.1. The van der Waals surface area contributed by atoms with Gasteiger partial charge in [-0.2, -0.15) is 0 Å². The van der Waals surface area contributed by atoms with Crippen LogP contribution in [0, 0.1) is 5.82 Å². The molecular formula is C16H23FN2O2. The van der Waals surface area contributed by atoms with Crippen molar-refractivity contribution >= 4 is 11.7 Å². The average Bonchev–Trinajstić information content (AvgIpc) is 2.66. The van der Waals surface area contributed by atoms with Gasteiger partial charge in [-0.15, -0.1) is 0 Å². The highest BCUT2D eigenvalue weighted by Gasteiger charge is 2.39. The van der Waals surface area contributed by atoms with Crippen LogP contribution < -0.4 is 5.32 Å². The first-order chi connectivity index (χ1) is 10.1. The van der Waals surface area contributed by atoms with E-state index in [4.69, 9.17) is 0 Å². The van der Waals surface area contributed by atoms with Crippen LogP contribution >= 0.6 is 0 Å². The van der Waals surface area contributed by atoms with Gasteiger partial charge in [0.15, 0.2) is 0 Å². The fourth-order valence-corrected chi connectivity index (χ4v) is 2.93. The Balaban J connectivity index is 2.13. The summed E-state index contributed by atoms with van der Waals surface area (Å²) in [5.41, 5.74) is -0.303. The second kappa shape index (κ2) is 6.89. The summed E-state index contributed by atoms with van der Waals surface area (Å²) < 4.78 is 13.0. The quantitative estimate of drug-likeness (QED) is 0.876. The highest BCUT2D eigenvalue weighted by Crippen LogP contribution is 2.28. The number of nitrogens with zero attached hydrogens (tertiary/aromatic N) is 1. The van der Waals surface area contributed by atoms with Gasteiger partial charge < -0.3 is 15.3 Å². The molecule has 1 aromatic rings. The van der Waals surface area contributed by atoms with E-state index in [1.54, 1.807) is 12.1 Å². The SMILES string of the molecule is CCCN1CCCC(Nc2ccc(F)cc2)(C(=O)O)CC1. The molecule has 0 radical (unpaired) electrons. The van der Waals surface area contributed by atoms with Crippen molar-refractivity contribution in [2.45, 2.75) is 38.1 Å². The summed E-state index contributed by atoms with van der Waals surface area (Å²) in [6, 6.07) is 5.87. The lowest BCUT2D eigenvalue weighted by Crippen LogP contribution is -2.47. The zero-order valence-corrected chi connectivity index (χ0v) is 12.4. The molecule has 1 aromatic carbocycles. The molecule has 4 nitrogen and oxygen atoms in total. The number of rotatable bonds is 5. The maximum Gasteiger partial charge on any atom is 0.329 e. The first-order valence-corrected chi connectivity index (χ1v) is 7.55. The van der Waals surface area contributed by atoms with Crippen molar-refractivity contribution in [2.75, 3.05) is 25.0 Å². The topological polar surface area (TPSA) is 52.6 Å². The molecule has 116 valence electrons. The predicted molar refractivity (Wildman–Crippen MR) is 81.0 cm³/mol. The molecule has 0 saturated carbocycles. The van der Waals surface area contributed by atoms with Crippen LogP contribution in [0.5, 0.6) is 0 Å². The number of likely N-dealkylation sites (tertiary alicyclic amines) is 1. The molecular weight excluding hydrogens is 271 g/mol. The molecule has 1 atom stereocenters. The van der Waals surface area contributed by atoms with Crippen LogP contribution in [0.15, 0.2) is 24.3 Å². The standard InChI is InChI=1S/C16H23FN2O2/c1-2-10-19-11-3-8-16(9-12-19,15(20)21)18-14-6-4-13(17)5-7-14/h4-7,18H,2-3,8-12H2,1H3,(H,20,21). The predicted octanol–water partition coefficient (Wildman–Crippen LogP) is 2.96. The number of aliphatic carboxylic acids is 1. The van der Waals surface area contributed by atoms with Gasteiger partial charge >= 0.3 is 5.97 Å². The summed E-state index contributed by atoms with van der Waals surface area (Å²) in [6.45, 7) is 4.85. The molecule has 2 rings (SSSR count). The van der Waals surface area contributed by atoms with Gasteiger partial charge in [-0.05, 0) is 63.0 Å². The maximum atomic E-state index is 13.0. The van der Waals surface area contributed by atoms with Gasteiger partial charge in [-0.1, -0.05) is 6.92 Å². The minimum atomic E-state index is -0.958. The molecule has 0 aromatic heterocycles. The number of nitrogens with one attached hydrogen (secondary N) is 1. The Labute approximate surface area is 125 Å². The van der Waals surface area contributed by atoms with Crippen molar-refractivity contribution in [2.24, 2.45) is 0 Å². The molecule has 0 aliphatic carbocycles. The van der Waals surface area contributed by atoms with Crippen molar-refractivity contribution in [3.63, 3.8) is 0 Å². The summed E-state index contributed by atoms with van der Waals surface area (Å²) in [5.74, 6) is -1.15.